The van der Waals surface area contributed by atoms with E-state index in [1.165, 1.54) is 62.1 Å². The van der Waals surface area contributed by atoms with Crippen LogP contribution >= 0.6 is 0 Å². The van der Waals surface area contributed by atoms with Gasteiger partial charge >= 0.3 is 0 Å². The molecular formula is C11H17N3. The molecule has 14 heavy (non-hydrogen) atoms. The van der Waals surface area contributed by atoms with E-state index in [2.05, 4.69) is 15.5 Å². The van der Waals surface area contributed by atoms with Gasteiger partial charge in [0, 0.05) is 5.69 Å². The number of hydrogen-bond donors (Lipinski definition) is 2. The van der Waals surface area contributed by atoms with Crippen molar-refractivity contribution in [2.24, 2.45) is 5.92 Å². The standard InChI is InChI=1S/C11H17N3/c1-2-9-10(3-1)13-14-11(9)6-8-4-5-12-7-8/h8,12H,1-7H2,(H,13,14). The predicted octanol–water partition coefficient (Wildman–Crippen LogP) is 1.05. The van der Waals surface area contributed by atoms with Crippen LogP contribution in [-0.2, 0) is 19.3 Å². The molecule has 1 aromatic heterocycles. The Balaban J connectivity index is 1.76. The summed E-state index contributed by atoms with van der Waals surface area (Å²) in [6.45, 7) is 2.37. The van der Waals surface area contributed by atoms with E-state index in [1.54, 1.807) is 0 Å². The number of H-pyrrole nitrogens is 1. The van der Waals surface area contributed by atoms with Gasteiger partial charge in [0.15, 0.2) is 0 Å². The Morgan fingerprint density at radius 2 is 2.36 bits per heavy atom. The van der Waals surface area contributed by atoms with Gasteiger partial charge in [0.1, 0.15) is 0 Å². The van der Waals surface area contributed by atoms with Crippen LogP contribution in [0.3, 0.4) is 0 Å². The van der Waals surface area contributed by atoms with Crippen LogP contribution in [0, 0.1) is 5.92 Å². The lowest BCUT2D eigenvalue weighted by atomic mass is 10.00. The molecule has 0 amide bonds. The number of fused-ring (bicyclic) bond motifs is 1. The van der Waals surface area contributed by atoms with E-state index in [4.69, 9.17) is 0 Å². The molecule has 2 N–H and O–H groups in total. The zero-order chi connectivity index (χ0) is 9.38. The summed E-state index contributed by atoms with van der Waals surface area (Å²) in [6.07, 6.45) is 6.28. The summed E-state index contributed by atoms with van der Waals surface area (Å²) >= 11 is 0. The molecule has 0 saturated carbocycles. The van der Waals surface area contributed by atoms with Gasteiger partial charge in [-0.05, 0) is 56.7 Å². The lowest BCUT2D eigenvalue weighted by Crippen LogP contribution is -2.11. The Labute approximate surface area is 84.3 Å². The van der Waals surface area contributed by atoms with Crippen molar-refractivity contribution < 1.29 is 0 Å². The van der Waals surface area contributed by atoms with Crippen molar-refractivity contribution in [1.29, 1.82) is 0 Å². The number of rotatable bonds is 2. The zero-order valence-corrected chi connectivity index (χ0v) is 8.47. The van der Waals surface area contributed by atoms with Gasteiger partial charge in [-0.25, -0.2) is 0 Å². The number of nitrogens with one attached hydrogen (secondary N) is 2. The number of nitrogens with zero attached hydrogens (tertiary/aromatic N) is 1. The fraction of sp³-hybridized carbons (Fsp3) is 0.727. The Morgan fingerprint density at radius 1 is 1.36 bits per heavy atom. The second kappa shape index (κ2) is 3.39. The third-order valence-corrected chi connectivity index (χ3v) is 3.54. The normalized spacial score (nSPS) is 25.6. The fourth-order valence-corrected chi connectivity index (χ4v) is 2.72. The molecule has 3 rings (SSSR count). The molecule has 1 aliphatic carbocycles. The van der Waals surface area contributed by atoms with Crippen molar-refractivity contribution in [3.8, 4) is 0 Å². The first kappa shape index (κ1) is 8.48. The van der Waals surface area contributed by atoms with Crippen molar-refractivity contribution in [3.05, 3.63) is 17.0 Å². The van der Waals surface area contributed by atoms with Crippen molar-refractivity contribution in [3.63, 3.8) is 0 Å². The first-order chi connectivity index (χ1) is 6.93. The first-order valence-electron chi connectivity index (χ1n) is 5.69. The molecule has 1 atom stereocenters. The molecule has 0 bridgehead atoms. The molecule has 1 aromatic rings. The van der Waals surface area contributed by atoms with Gasteiger partial charge in [0.2, 0.25) is 0 Å². The van der Waals surface area contributed by atoms with Crippen LogP contribution in [0.2, 0.25) is 0 Å². The molecule has 3 nitrogen and oxygen atoms in total. The molecular weight excluding hydrogens is 174 g/mol. The van der Waals surface area contributed by atoms with Gasteiger partial charge < -0.3 is 5.32 Å². The predicted molar refractivity (Wildman–Crippen MR) is 55.3 cm³/mol. The lowest BCUT2D eigenvalue weighted by Gasteiger charge is -2.06. The molecule has 76 valence electrons. The van der Waals surface area contributed by atoms with Crippen molar-refractivity contribution in [2.75, 3.05) is 13.1 Å². The molecule has 2 aliphatic rings. The second-order valence-corrected chi connectivity index (χ2v) is 4.54. The first-order valence-corrected chi connectivity index (χ1v) is 5.69. The maximum absolute atomic E-state index is 4.45. The van der Waals surface area contributed by atoms with Crippen molar-refractivity contribution in [1.82, 2.24) is 15.5 Å². The smallest absolute Gasteiger partial charge is 0.0660 e. The Kier molecular flexibility index (Phi) is 2.05. The fourth-order valence-electron chi connectivity index (χ4n) is 2.72. The van der Waals surface area contributed by atoms with Crippen LogP contribution in [0.15, 0.2) is 0 Å². The summed E-state index contributed by atoms with van der Waals surface area (Å²) in [5, 5.41) is 11.1. The third-order valence-electron chi connectivity index (χ3n) is 3.54. The minimum atomic E-state index is 0.822. The quantitative estimate of drug-likeness (QED) is 0.733. The van der Waals surface area contributed by atoms with E-state index in [1.807, 2.05) is 0 Å². The van der Waals surface area contributed by atoms with Crippen LogP contribution in [0.4, 0.5) is 0 Å². The van der Waals surface area contributed by atoms with Crippen molar-refractivity contribution in [2.45, 2.75) is 32.1 Å². The van der Waals surface area contributed by atoms with Crippen LogP contribution in [0.25, 0.3) is 0 Å². The van der Waals surface area contributed by atoms with Crippen molar-refractivity contribution >= 4 is 0 Å². The molecule has 1 unspecified atom stereocenters. The van der Waals surface area contributed by atoms with Gasteiger partial charge in [0.05, 0.1) is 5.69 Å². The molecule has 2 heterocycles. The van der Waals surface area contributed by atoms with E-state index < -0.39 is 0 Å². The minimum Gasteiger partial charge on any atom is -0.316 e. The Bertz CT molecular complexity index is 323. The number of aryl methyl sites for hydroxylation is 1. The monoisotopic (exact) mass is 191 g/mol. The molecule has 1 aliphatic heterocycles. The maximum atomic E-state index is 4.45. The summed E-state index contributed by atoms with van der Waals surface area (Å²) in [6, 6.07) is 0. The molecule has 1 fully saturated rings. The molecule has 0 aromatic carbocycles. The maximum Gasteiger partial charge on any atom is 0.0660 e. The number of aromatic amines is 1. The summed E-state index contributed by atoms with van der Waals surface area (Å²) in [4.78, 5) is 0. The molecule has 0 spiro atoms. The topological polar surface area (TPSA) is 40.7 Å². The lowest BCUT2D eigenvalue weighted by molar-refractivity contribution is 0.567. The SMILES string of the molecule is C1Cc2[nH]nc(CC3CCNC3)c2C1. The van der Waals surface area contributed by atoms with E-state index >= 15 is 0 Å². The summed E-state index contributed by atoms with van der Waals surface area (Å²) < 4.78 is 0. The molecule has 0 radical (unpaired) electrons. The van der Waals surface area contributed by atoms with Crippen LogP contribution in [0.1, 0.15) is 29.8 Å². The highest BCUT2D eigenvalue weighted by molar-refractivity contribution is 5.29. The largest absolute Gasteiger partial charge is 0.316 e. The minimum absolute atomic E-state index is 0.822. The average Bonchev–Trinajstić information content (AvgIpc) is 2.85. The Hall–Kier alpha value is -0.830. The number of hydrogen-bond acceptors (Lipinski definition) is 2. The van der Waals surface area contributed by atoms with Gasteiger partial charge in [-0.15, -0.1) is 0 Å². The number of aromatic nitrogens is 2. The third kappa shape index (κ3) is 1.36. The summed E-state index contributed by atoms with van der Waals surface area (Å²) in [5.41, 5.74) is 4.30. The Morgan fingerprint density at radius 3 is 3.21 bits per heavy atom. The van der Waals surface area contributed by atoms with E-state index in [0.717, 1.165) is 5.92 Å². The van der Waals surface area contributed by atoms with Gasteiger partial charge in [0.25, 0.3) is 0 Å². The highest BCUT2D eigenvalue weighted by Gasteiger charge is 2.22. The van der Waals surface area contributed by atoms with Crippen LogP contribution in [0.5, 0.6) is 0 Å². The van der Waals surface area contributed by atoms with Gasteiger partial charge in [-0.3, -0.25) is 5.10 Å². The van der Waals surface area contributed by atoms with E-state index in [9.17, 15) is 0 Å². The molecule has 3 heteroatoms. The highest BCUT2D eigenvalue weighted by atomic mass is 15.1. The van der Waals surface area contributed by atoms with Crippen LogP contribution in [-0.4, -0.2) is 23.3 Å². The van der Waals surface area contributed by atoms with E-state index in [-0.39, 0.29) is 0 Å². The van der Waals surface area contributed by atoms with Gasteiger partial charge in [-0.1, -0.05) is 0 Å². The zero-order valence-electron chi connectivity index (χ0n) is 8.47. The summed E-state index contributed by atoms with van der Waals surface area (Å²) in [5.74, 6) is 0.822. The highest BCUT2D eigenvalue weighted by Crippen LogP contribution is 2.25. The second-order valence-electron chi connectivity index (χ2n) is 4.54. The average molecular weight is 191 g/mol. The summed E-state index contributed by atoms with van der Waals surface area (Å²) in [7, 11) is 0. The van der Waals surface area contributed by atoms with Crippen LogP contribution < -0.4 is 5.32 Å². The molecule has 1 saturated heterocycles. The van der Waals surface area contributed by atoms with E-state index in [0.29, 0.717) is 0 Å². The van der Waals surface area contributed by atoms with Gasteiger partial charge in [-0.2, -0.15) is 5.10 Å².